The van der Waals surface area contributed by atoms with Gasteiger partial charge in [0.1, 0.15) is 11.6 Å². The zero-order chi connectivity index (χ0) is 24.8. The minimum absolute atomic E-state index is 0.128. The number of H-pyrrole nitrogens is 1. The van der Waals surface area contributed by atoms with Crippen LogP contribution in [0.1, 0.15) is 67.2 Å². The largest absolute Gasteiger partial charge is 0.354 e. The van der Waals surface area contributed by atoms with E-state index in [4.69, 9.17) is 0 Å². The van der Waals surface area contributed by atoms with Crippen molar-refractivity contribution in [2.75, 3.05) is 6.54 Å². The zero-order valence-electron chi connectivity index (χ0n) is 20.0. The number of aromatic amines is 1. The molecule has 3 amide bonds. The normalized spacial score (nSPS) is 14.0. The van der Waals surface area contributed by atoms with Gasteiger partial charge in [0.25, 0.3) is 5.91 Å². The van der Waals surface area contributed by atoms with E-state index in [2.05, 4.69) is 35.9 Å². The van der Waals surface area contributed by atoms with Gasteiger partial charge < -0.3 is 20.9 Å². The van der Waals surface area contributed by atoms with Crippen molar-refractivity contribution in [3.8, 4) is 0 Å². The van der Waals surface area contributed by atoms with E-state index in [0.717, 1.165) is 24.2 Å². The molecule has 35 heavy (non-hydrogen) atoms. The summed E-state index contributed by atoms with van der Waals surface area (Å²) in [4.78, 5) is 54.2. The molecule has 1 aliphatic rings. The summed E-state index contributed by atoms with van der Waals surface area (Å²) in [5.74, 6) is -0.305. The first-order chi connectivity index (χ1) is 16.9. The van der Waals surface area contributed by atoms with Gasteiger partial charge >= 0.3 is 0 Å². The Morgan fingerprint density at radius 3 is 2.69 bits per heavy atom. The van der Waals surface area contributed by atoms with Crippen molar-refractivity contribution >= 4 is 28.9 Å². The molecule has 0 aromatic carbocycles. The number of carbonyl (C=O) groups excluding carboxylic acids is 3. The van der Waals surface area contributed by atoms with Crippen LogP contribution in [0.4, 0.5) is 0 Å². The highest BCUT2D eigenvalue weighted by atomic mass is 16.2. The van der Waals surface area contributed by atoms with E-state index in [0.29, 0.717) is 35.6 Å². The summed E-state index contributed by atoms with van der Waals surface area (Å²) in [6.45, 7) is 4.46. The fourth-order valence-electron chi connectivity index (χ4n) is 3.80. The Hall–Kier alpha value is -3.82. The molecule has 0 bridgehead atoms. The summed E-state index contributed by atoms with van der Waals surface area (Å²) in [6.07, 6.45) is 7.76. The predicted octanol–water partition coefficient (Wildman–Crippen LogP) is 2.20. The second-order valence-corrected chi connectivity index (χ2v) is 9.26. The van der Waals surface area contributed by atoms with Crippen LogP contribution in [-0.2, 0) is 16.1 Å². The van der Waals surface area contributed by atoms with E-state index in [-0.39, 0.29) is 36.6 Å². The fourth-order valence-corrected chi connectivity index (χ4v) is 3.80. The summed E-state index contributed by atoms with van der Waals surface area (Å²) >= 11 is 0. The Morgan fingerprint density at radius 1 is 1.14 bits per heavy atom. The topological polar surface area (TPSA) is 142 Å². The predicted molar refractivity (Wildman–Crippen MR) is 130 cm³/mol. The van der Waals surface area contributed by atoms with Crippen LogP contribution in [0.2, 0.25) is 0 Å². The molecular weight excluding hydrogens is 446 g/mol. The Kier molecular flexibility index (Phi) is 7.69. The fraction of sp³-hybridized carbons (Fsp3) is 0.440. The molecule has 10 heteroatoms. The van der Waals surface area contributed by atoms with E-state index in [1.165, 1.54) is 0 Å². The van der Waals surface area contributed by atoms with E-state index in [9.17, 15) is 14.4 Å². The van der Waals surface area contributed by atoms with Crippen LogP contribution >= 0.6 is 0 Å². The van der Waals surface area contributed by atoms with Gasteiger partial charge in [0.2, 0.25) is 11.8 Å². The summed E-state index contributed by atoms with van der Waals surface area (Å²) in [7, 11) is 0. The summed E-state index contributed by atoms with van der Waals surface area (Å²) in [5, 5.41) is 8.40. The molecule has 10 nitrogen and oxygen atoms in total. The number of nitrogens with one attached hydrogen (secondary N) is 4. The Labute approximate surface area is 203 Å². The lowest BCUT2D eigenvalue weighted by molar-refractivity contribution is -0.124. The molecule has 1 atom stereocenters. The lowest BCUT2D eigenvalue weighted by Gasteiger charge is -2.20. The highest BCUT2D eigenvalue weighted by molar-refractivity contribution is 6.05. The van der Waals surface area contributed by atoms with E-state index < -0.39 is 6.04 Å². The van der Waals surface area contributed by atoms with Gasteiger partial charge in [-0.1, -0.05) is 19.9 Å². The summed E-state index contributed by atoms with van der Waals surface area (Å²) in [5.41, 5.74) is 3.08. The number of nitrogens with zero attached hydrogens (tertiary/aromatic N) is 3. The summed E-state index contributed by atoms with van der Waals surface area (Å²) < 4.78 is 0. The van der Waals surface area contributed by atoms with Crippen LogP contribution in [0, 0.1) is 5.92 Å². The standard InChI is InChI=1S/C25H31N7O3/c1-15(2)11-19(25(35)27-10-8-21(33)28-12-17-5-3-4-9-26-17)32-24(34)18-13-29-23-22(18)31-20(14-30-23)16-6-7-16/h3-5,9,13-16,19H,6-8,10-12H2,1-2H3,(H,27,35)(H,28,33)(H,29,30)(H,32,34)/t19-/m1/s1. The van der Waals surface area contributed by atoms with Crippen LogP contribution < -0.4 is 16.0 Å². The molecule has 1 saturated carbocycles. The lowest BCUT2D eigenvalue weighted by atomic mass is 10.0. The Morgan fingerprint density at radius 2 is 1.97 bits per heavy atom. The molecule has 3 aromatic heterocycles. The van der Waals surface area contributed by atoms with Crippen LogP contribution in [0.25, 0.3) is 11.2 Å². The highest BCUT2D eigenvalue weighted by Crippen LogP contribution is 2.39. The monoisotopic (exact) mass is 477 g/mol. The van der Waals surface area contributed by atoms with Gasteiger partial charge in [-0.15, -0.1) is 0 Å². The highest BCUT2D eigenvalue weighted by Gasteiger charge is 2.28. The lowest BCUT2D eigenvalue weighted by Crippen LogP contribution is -2.48. The molecule has 0 saturated heterocycles. The number of amides is 3. The Balaban J connectivity index is 1.32. The van der Waals surface area contributed by atoms with Crippen molar-refractivity contribution in [2.24, 2.45) is 5.92 Å². The third-order valence-electron chi connectivity index (χ3n) is 5.81. The average molecular weight is 478 g/mol. The van der Waals surface area contributed by atoms with Crippen LogP contribution in [0.15, 0.2) is 36.8 Å². The van der Waals surface area contributed by atoms with Gasteiger partial charge in [-0.05, 0) is 37.3 Å². The van der Waals surface area contributed by atoms with Crippen molar-refractivity contribution in [3.05, 3.63) is 53.7 Å². The van der Waals surface area contributed by atoms with Crippen molar-refractivity contribution in [2.45, 2.75) is 58.0 Å². The van der Waals surface area contributed by atoms with Crippen molar-refractivity contribution in [1.82, 2.24) is 35.9 Å². The third-order valence-corrected chi connectivity index (χ3v) is 5.81. The van der Waals surface area contributed by atoms with Crippen LogP contribution in [0.5, 0.6) is 0 Å². The maximum Gasteiger partial charge on any atom is 0.255 e. The van der Waals surface area contributed by atoms with E-state index >= 15 is 0 Å². The maximum absolute atomic E-state index is 13.1. The number of pyridine rings is 1. The molecule has 4 N–H and O–H groups in total. The average Bonchev–Trinajstić information content (AvgIpc) is 3.61. The molecule has 184 valence electrons. The maximum atomic E-state index is 13.1. The first kappa shape index (κ1) is 24.3. The minimum atomic E-state index is -0.733. The molecule has 4 rings (SSSR count). The van der Waals surface area contributed by atoms with E-state index in [1.807, 2.05) is 32.0 Å². The van der Waals surface area contributed by atoms with Gasteiger partial charge in [-0.2, -0.15) is 0 Å². The van der Waals surface area contributed by atoms with Gasteiger partial charge in [0.05, 0.1) is 29.7 Å². The second kappa shape index (κ2) is 11.1. The first-order valence-electron chi connectivity index (χ1n) is 12.0. The van der Waals surface area contributed by atoms with Crippen molar-refractivity contribution < 1.29 is 14.4 Å². The molecule has 1 fully saturated rings. The molecular formula is C25H31N7O3. The smallest absolute Gasteiger partial charge is 0.255 e. The first-order valence-corrected chi connectivity index (χ1v) is 12.0. The number of rotatable bonds is 11. The Bertz CT molecular complexity index is 1190. The minimum Gasteiger partial charge on any atom is -0.354 e. The number of aromatic nitrogens is 4. The van der Waals surface area contributed by atoms with Gasteiger partial charge in [0, 0.05) is 31.3 Å². The van der Waals surface area contributed by atoms with Crippen molar-refractivity contribution in [1.29, 1.82) is 0 Å². The van der Waals surface area contributed by atoms with Crippen LogP contribution in [-0.4, -0.2) is 50.2 Å². The molecule has 3 aromatic rings. The van der Waals surface area contributed by atoms with Crippen molar-refractivity contribution in [3.63, 3.8) is 0 Å². The van der Waals surface area contributed by atoms with Crippen LogP contribution in [0.3, 0.4) is 0 Å². The number of fused-ring (bicyclic) bond motifs is 1. The third kappa shape index (κ3) is 6.62. The summed E-state index contributed by atoms with van der Waals surface area (Å²) in [6, 6.07) is 4.76. The number of hydrogen-bond donors (Lipinski definition) is 4. The van der Waals surface area contributed by atoms with E-state index in [1.54, 1.807) is 18.6 Å². The van der Waals surface area contributed by atoms with Gasteiger partial charge in [0.15, 0.2) is 5.65 Å². The second-order valence-electron chi connectivity index (χ2n) is 9.26. The quantitative estimate of drug-likeness (QED) is 0.334. The molecule has 0 unspecified atom stereocenters. The molecule has 0 aliphatic heterocycles. The number of hydrogen-bond acceptors (Lipinski definition) is 6. The molecule has 3 heterocycles. The zero-order valence-corrected chi connectivity index (χ0v) is 20.0. The van der Waals surface area contributed by atoms with Gasteiger partial charge in [-0.3, -0.25) is 19.4 Å². The molecule has 0 radical (unpaired) electrons. The molecule has 1 aliphatic carbocycles. The number of carbonyl (C=O) groups is 3. The van der Waals surface area contributed by atoms with Gasteiger partial charge in [-0.25, -0.2) is 9.97 Å². The SMILES string of the molecule is CC(C)C[C@@H](NC(=O)c1c[nH]c2ncc(C3CC3)nc12)C(=O)NCCC(=O)NCc1ccccn1. The molecule has 0 spiro atoms.